The van der Waals surface area contributed by atoms with Crippen LogP contribution in [0.2, 0.25) is 0 Å². The number of amides is 1. The van der Waals surface area contributed by atoms with Crippen molar-refractivity contribution in [3.8, 4) is 11.5 Å². The Morgan fingerprint density at radius 3 is 3.07 bits per heavy atom. The number of benzene rings is 2. The molecule has 1 N–H and O–H groups in total. The van der Waals surface area contributed by atoms with Crippen LogP contribution in [0.1, 0.15) is 12.0 Å². The number of nitrogens with one attached hydrogen (secondary N) is 1. The highest BCUT2D eigenvalue weighted by molar-refractivity contribution is 5.77. The van der Waals surface area contributed by atoms with Gasteiger partial charge in [-0.1, -0.05) is 29.5 Å². The second-order valence-electron chi connectivity index (χ2n) is 6.69. The van der Waals surface area contributed by atoms with Crippen LogP contribution in [-0.4, -0.2) is 41.2 Å². The zero-order valence-corrected chi connectivity index (χ0v) is 15.2. The van der Waals surface area contributed by atoms with Crippen molar-refractivity contribution in [3.05, 3.63) is 48.0 Å². The molecule has 3 aromatic rings. The molecule has 0 fully saturated rings. The van der Waals surface area contributed by atoms with E-state index in [1.54, 1.807) is 11.8 Å². The molecule has 0 saturated heterocycles. The van der Waals surface area contributed by atoms with Gasteiger partial charge in [-0.25, -0.2) is 4.68 Å². The molecule has 7 nitrogen and oxygen atoms in total. The van der Waals surface area contributed by atoms with Crippen molar-refractivity contribution in [2.45, 2.75) is 19.4 Å². The van der Waals surface area contributed by atoms with Crippen LogP contribution in [0.25, 0.3) is 11.0 Å². The summed E-state index contributed by atoms with van der Waals surface area (Å²) in [4.78, 5) is 12.2. The number of fused-ring (bicyclic) bond motifs is 2. The molecule has 1 aliphatic rings. The van der Waals surface area contributed by atoms with Crippen molar-refractivity contribution in [2.24, 2.45) is 5.92 Å². The SMILES string of the molecule is COc1cccc2c1OC[C@H](CNC(=O)CCn1nnc3ccccc31)C2. The number of carbonyl (C=O) groups excluding carboxylic acids is 1. The molecule has 0 saturated carbocycles. The number of rotatable bonds is 6. The number of methoxy groups -OCH3 is 1. The molecule has 0 bridgehead atoms. The van der Waals surface area contributed by atoms with E-state index in [0.29, 0.717) is 26.1 Å². The van der Waals surface area contributed by atoms with Gasteiger partial charge in [-0.05, 0) is 30.2 Å². The van der Waals surface area contributed by atoms with Gasteiger partial charge in [0.15, 0.2) is 11.5 Å². The molecular formula is C20H22N4O3. The molecule has 0 unspecified atom stereocenters. The van der Waals surface area contributed by atoms with E-state index in [1.165, 1.54) is 0 Å². The van der Waals surface area contributed by atoms with Gasteiger partial charge in [0, 0.05) is 18.9 Å². The number of aryl methyl sites for hydroxylation is 1. The maximum atomic E-state index is 12.2. The molecule has 4 rings (SSSR count). The summed E-state index contributed by atoms with van der Waals surface area (Å²) < 4.78 is 13.0. The van der Waals surface area contributed by atoms with E-state index < -0.39 is 0 Å². The van der Waals surface area contributed by atoms with E-state index >= 15 is 0 Å². The van der Waals surface area contributed by atoms with Crippen LogP contribution in [0.3, 0.4) is 0 Å². The normalized spacial score (nSPS) is 15.8. The predicted molar refractivity (Wildman–Crippen MR) is 101 cm³/mol. The molecule has 7 heteroatoms. The average molecular weight is 366 g/mol. The summed E-state index contributed by atoms with van der Waals surface area (Å²) in [5.41, 5.74) is 2.90. The summed E-state index contributed by atoms with van der Waals surface area (Å²) in [5, 5.41) is 11.2. The highest BCUT2D eigenvalue weighted by atomic mass is 16.5. The molecule has 140 valence electrons. The van der Waals surface area contributed by atoms with Crippen LogP contribution >= 0.6 is 0 Å². The molecule has 0 aliphatic carbocycles. The van der Waals surface area contributed by atoms with Crippen molar-refractivity contribution in [3.63, 3.8) is 0 Å². The smallest absolute Gasteiger partial charge is 0.221 e. The maximum absolute atomic E-state index is 12.2. The minimum absolute atomic E-state index is 0.00557. The Labute approximate surface area is 157 Å². The summed E-state index contributed by atoms with van der Waals surface area (Å²) >= 11 is 0. The van der Waals surface area contributed by atoms with E-state index in [2.05, 4.69) is 15.6 Å². The molecule has 0 radical (unpaired) electrons. The van der Waals surface area contributed by atoms with E-state index in [1.807, 2.05) is 42.5 Å². The fourth-order valence-corrected chi connectivity index (χ4v) is 3.39. The molecule has 1 amide bonds. The zero-order valence-electron chi connectivity index (χ0n) is 15.2. The number of carbonyl (C=O) groups is 1. The molecule has 2 aromatic carbocycles. The zero-order chi connectivity index (χ0) is 18.6. The summed E-state index contributed by atoms with van der Waals surface area (Å²) in [6.45, 7) is 1.67. The summed E-state index contributed by atoms with van der Waals surface area (Å²) in [6.07, 6.45) is 1.23. The third kappa shape index (κ3) is 3.72. The van der Waals surface area contributed by atoms with Crippen molar-refractivity contribution in [2.75, 3.05) is 20.3 Å². The van der Waals surface area contributed by atoms with Gasteiger partial charge in [-0.3, -0.25) is 4.79 Å². The predicted octanol–water partition coefficient (Wildman–Crippen LogP) is 2.20. The highest BCUT2D eigenvalue weighted by Gasteiger charge is 2.23. The lowest BCUT2D eigenvalue weighted by Gasteiger charge is -2.26. The number of ether oxygens (including phenoxy) is 2. The molecular weight excluding hydrogens is 344 g/mol. The Hall–Kier alpha value is -3.09. The first-order valence-corrected chi connectivity index (χ1v) is 9.08. The Morgan fingerprint density at radius 1 is 1.30 bits per heavy atom. The summed E-state index contributed by atoms with van der Waals surface area (Å²) in [5.74, 6) is 1.84. The van der Waals surface area contributed by atoms with E-state index in [0.717, 1.165) is 34.5 Å². The minimum atomic E-state index is 0.00557. The molecule has 2 heterocycles. The Morgan fingerprint density at radius 2 is 2.19 bits per heavy atom. The molecule has 0 spiro atoms. The molecule has 1 atom stereocenters. The lowest BCUT2D eigenvalue weighted by Crippen LogP contribution is -2.35. The van der Waals surface area contributed by atoms with Crippen LogP contribution in [0, 0.1) is 5.92 Å². The maximum Gasteiger partial charge on any atom is 0.221 e. The van der Waals surface area contributed by atoms with Crippen molar-refractivity contribution in [1.82, 2.24) is 20.3 Å². The van der Waals surface area contributed by atoms with Gasteiger partial charge in [0.1, 0.15) is 5.52 Å². The van der Waals surface area contributed by atoms with Crippen molar-refractivity contribution in [1.29, 1.82) is 0 Å². The van der Waals surface area contributed by atoms with Crippen molar-refractivity contribution >= 4 is 16.9 Å². The minimum Gasteiger partial charge on any atom is -0.493 e. The number of hydrogen-bond acceptors (Lipinski definition) is 5. The van der Waals surface area contributed by atoms with Gasteiger partial charge in [-0.2, -0.15) is 0 Å². The van der Waals surface area contributed by atoms with Gasteiger partial charge in [0.05, 0.1) is 25.8 Å². The summed E-state index contributed by atoms with van der Waals surface area (Å²) in [6, 6.07) is 13.6. The van der Waals surface area contributed by atoms with Gasteiger partial charge in [-0.15, -0.1) is 5.10 Å². The van der Waals surface area contributed by atoms with Crippen LogP contribution in [-0.2, 0) is 17.8 Å². The van der Waals surface area contributed by atoms with Gasteiger partial charge in [0.25, 0.3) is 0 Å². The lowest BCUT2D eigenvalue weighted by atomic mass is 9.96. The second-order valence-corrected chi connectivity index (χ2v) is 6.69. The van der Waals surface area contributed by atoms with Crippen LogP contribution in [0.4, 0.5) is 0 Å². The number of hydrogen-bond donors (Lipinski definition) is 1. The lowest BCUT2D eigenvalue weighted by molar-refractivity contribution is -0.121. The van der Waals surface area contributed by atoms with Gasteiger partial charge in [0.2, 0.25) is 5.91 Å². The van der Waals surface area contributed by atoms with E-state index in [-0.39, 0.29) is 11.8 Å². The molecule has 1 aliphatic heterocycles. The highest BCUT2D eigenvalue weighted by Crippen LogP contribution is 2.35. The van der Waals surface area contributed by atoms with Crippen molar-refractivity contribution < 1.29 is 14.3 Å². The largest absolute Gasteiger partial charge is 0.493 e. The topological polar surface area (TPSA) is 78.3 Å². The molecule has 27 heavy (non-hydrogen) atoms. The Bertz CT molecular complexity index is 953. The second kappa shape index (κ2) is 7.65. The third-order valence-corrected chi connectivity index (χ3v) is 4.81. The number of nitrogens with zero attached hydrogens (tertiary/aromatic N) is 3. The number of aromatic nitrogens is 3. The molecule has 1 aromatic heterocycles. The fraction of sp³-hybridized carbons (Fsp3) is 0.350. The third-order valence-electron chi connectivity index (χ3n) is 4.81. The van der Waals surface area contributed by atoms with Gasteiger partial charge >= 0.3 is 0 Å². The monoisotopic (exact) mass is 366 g/mol. The van der Waals surface area contributed by atoms with E-state index in [9.17, 15) is 4.79 Å². The standard InChI is InChI=1S/C20H22N4O3/c1-26-18-8-4-5-15-11-14(13-27-20(15)18)12-21-19(25)9-10-24-17-7-3-2-6-16(17)22-23-24/h2-8,14H,9-13H2,1H3,(H,21,25)/t14-/m0/s1. The first-order valence-electron chi connectivity index (χ1n) is 9.08. The Kier molecular flexibility index (Phi) is 4.91. The number of para-hydroxylation sites is 2. The quantitative estimate of drug-likeness (QED) is 0.724. The van der Waals surface area contributed by atoms with E-state index in [4.69, 9.17) is 9.47 Å². The first kappa shape index (κ1) is 17.3. The summed E-state index contributed by atoms with van der Waals surface area (Å²) in [7, 11) is 1.64. The fourth-order valence-electron chi connectivity index (χ4n) is 3.39. The average Bonchev–Trinajstić information content (AvgIpc) is 3.13. The van der Waals surface area contributed by atoms with Crippen LogP contribution < -0.4 is 14.8 Å². The van der Waals surface area contributed by atoms with Crippen LogP contribution in [0.5, 0.6) is 11.5 Å². The van der Waals surface area contributed by atoms with Gasteiger partial charge < -0.3 is 14.8 Å². The Balaban J connectivity index is 1.28. The van der Waals surface area contributed by atoms with Crippen LogP contribution in [0.15, 0.2) is 42.5 Å². The first-order chi connectivity index (χ1) is 13.2.